The van der Waals surface area contributed by atoms with Crippen molar-refractivity contribution in [2.75, 3.05) is 13.1 Å². The molecule has 2 atom stereocenters. The molecule has 1 aliphatic heterocycles. The summed E-state index contributed by atoms with van der Waals surface area (Å²) in [7, 11) is -3.53. The van der Waals surface area contributed by atoms with Crippen LogP contribution in [0.15, 0.2) is 29.2 Å². The van der Waals surface area contributed by atoms with Crippen LogP contribution in [0.1, 0.15) is 38.4 Å². The van der Waals surface area contributed by atoms with Gasteiger partial charge in [-0.1, -0.05) is 12.1 Å². The van der Waals surface area contributed by atoms with Gasteiger partial charge in [-0.3, -0.25) is 0 Å². The first-order valence-corrected chi connectivity index (χ1v) is 8.72. The van der Waals surface area contributed by atoms with Gasteiger partial charge in [0.15, 0.2) is 0 Å². The molecule has 0 aliphatic carbocycles. The molecule has 1 heterocycles. The van der Waals surface area contributed by atoms with Crippen molar-refractivity contribution in [3.63, 3.8) is 0 Å². The fourth-order valence-electron chi connectivity index (χ4n) is 2.68. The van der Waals surface area contributed by atoms with Crippen LogP contribution in [-0.2, 0) is 10.0 Å². The summed E-state index contributed by atoms with van der Waals surface area (Å²) in [6.45, 7) is 4.22. The molecule has 0 radical (unpaired) electrons. The van der Waals surface area contributed by atoms with E-state index in [0.29, 0.717) is 31.5 Å². The average molecular weight is 313 g/mol. The summed E-state index contributed by atoms with van der Waals surface area (Å²) in [4.78, 5) is 0.219. The minimum absolute atomic E-state index is 0.167. The lowest BCUT2D eigenvalue weighted by molar-refractivity contribution is 0.0912. The van der Waals surface area contributed by atoms with Crippen LogP contribution in [0, 0.1) is 5.92 Å². The lowest BCUT2D eigenvalue weighted by Crippen LogP contribution is -2.40. The molecular formula is C15H23NO4S. The highest BCUT2D eigenvalue weighted by Crippen LogP contribution is 2.26. The van der Waals surface area contributed by atoms with Crippen molar-refractivity contribution in [2.24, 2.45) is 5.92 Å². The largest absolute Gasteiger partial charge is 0.393 e. The molecule has 5 nitrogen and oxygen atoms in total. The number of nitrogens with zero attached hydrogens (tertiary/aromatic N) is 1. The molecule has 2 unspecified atom stereocenters. The molecule has 0 saturated carbocycles. The van der Waals surface area contributed by atoms with Crippen molar-refractivity contribution in [3.05, 3.63) is 29.8 Å². The molecule has 0 aromatic heterocycles. The number of hydrogen-bond donors (Lipinski definition) is 2. The second kappa shape index (κ2) is 6.44. The Balaban J connectivity index is 2.18. The van der Waals surface area contributed by atoms with E-state index in [-0.39, 0.29) is 10.8 Å². The van der Waals surface area contributed by atoms with E-state index >= 15 is 0 Å². The van der Waals surface area contributed by atoms with Crippen LogP contribution >= 0.6 is 0 Å². The van der Waals surface area contributed by atoms with E-state index in [2.05, 4.69) is 0 Å². The summed E-state index contributed by atoms with van der Waals surface area (Å²) in [5.74, 6) is 0.167. The minimum Gasteiger partial charge on any atom is -0.393 e. The normalized spacial score (nSPS) is 21.1. The van der Waals surface area contributed by atoms with E-state index in [1.54, 1.807) is 32.0 Å². The number of sulfonamides is 1. The monoisotopic (exact) mass is 313 g/mol. The first kappa shape index (κ1) is 16.4. The van der Waals surface area contributed by atoms with Gasteiger partial charge in [0, 0.05) is 13.1 Å². The Hall–Kier alpha value is -0.950. The zero-order valence-corrected chi connectivity index (χ0v) is 13.3. The van der Waals surface area contributed by atoms with E-state index in [9.17, 15) is 18.6 Å². The second-order valence-electron chi connectivity index (χ2n) is 5.73. The molecule has 0 spiro atoms. The van der Waals surface area contributed by atoms with Gasteiger partial charge >= 0.3 is 0 Å². The Morgan fingerprint density at radius 2 is 1.81 bits per heavy atom. The third-order valence-corrected chi connectivity index (χ3v) is 6.05. The summed E-state index contributed by atoms with van der Waals surface area (Å²) in [6.07, 6.45) is 0.259. The Kier molecular flexibility index (Phi) is 5.03. The van der Waals surface area contributed by atoms with Gasteiger partial charge in [-0.15, -0.1) is 0 Å². The number of piperidine rings is 1. The van der Waals surface area contributed by atoms with Crippen LogP contribution in [0.3, 0.4) is 0 Å². The molecule has 6 heteroatoms. The molecule has 118 valence electrons. The zero-order chi connectivity index (χ0) is 15.6. The summed E-state index contributed by atoms with van der Waals surface area (Å²) >= 11 is 0. The third-order valence-electron chi connectivity index (χ3n) is 4.16. The van der Waals surface area contributed by atoms with Crippen LogP contribution in [0.2, 0.25) is 0 Å². The summed E-state index contributed by atoms with van der Waals surface area (Å²) < 4.78 is 26.7. The van der Waals surface area contributed by atoms with Crippen molar-refractivity contribution in [1.82, 2.24) is 4.31 Å². The summed E-state index contributed by atoms with van der Waals surface area (Å²) in [6, 6.07) is 6.45. The molecule has 1 saturated heterocycles. The van der Waals surface area contributed by atoms with Crippen LogP contribution in [0.4, 0.5) is 0 Å². The zero-order valence-electron chi connectivity index (χ0n) is 12.4. The van der Waals surface area contributed by atoms with Crippen molar-refractivity contribution in [3.8, 4) is 0 Å². The molecule has 1 aromatic carbocycles. The third kappa shape index (κ3) is 3.63. The highest BCUT2D eigenvalue weighted by Gasteiger charge is 2.31. The Labute approximate surface area is 126 Å². The summed E-state index contributed by atoms with van der Waals surface area (Å²) in [5.41, 5.74) is 0.593. The number of rotatable bonds is 4. The van der Waals surface area contributed by atoms with Crippen molar-refractivity contribution in [2.45, 2.75) is 43.8 Å². The maximum Gasteiger partial charge on any atom is 0.243 e. The number of aliphatic hydroxyl groups is 2. The van der Waals surface area contributed by atoms with Gasteiger partial charge in [0.2, 0.25) is 10.0 Å². The highest BCUT2D eigenvalue weighted by molar-refractivity contribution is 7.89. The Bertz CT molecular complexity index is 575. The molecule has 1 aromatic rings. The molecule has 2 N–H and O–H groups in total. The van der Waals surface area contributed by atoms with E-state index in [1.807, 2.05) is 0 Å². The minimum atomic E-state index is -3.53. The van der Waals surface area contributed by atoms with Crippen molar-refractivity contribution < 1.29 is 18.6 Å². The first-order chi connectivity index (χ1) is 9.82. The van der Waals surface area contributed by atoms with Crippen LogP contribution < -0.4 is 0 Å². The van der Waals surface area contributed by atoms with Crippen LogP contribution in [0.25, 0.3) is 0 Å². The van der Waals surface area contributed by atoms with Gasteiger partial charge in [-0.2, -0.15) is 4.31 Å². The Morgan fingerprint density at radius 3 is 2.33 bits per heavy atom. The van der Waals surface area contributed by atoms with Crippen LogP contribution in [-0.4, -0.2) is 42.1 Å². The lowest BCUT2D eigenvalue weighted by Gasteiger charge is -2.32. The topological polar surface area (TPSA) is 77.8 Å². The van der Waals surface area contributed by atoms with E-state index in [1.165, 1.54) is 10.4 Å². The van der Waals surface area contributed by atoms with Crippen LogP contribution in [0.5, 0.6) is 0 Å². The maximum atomic E-state index is 12.6. The van der Waals surface area contributed by atoms with Gasteiger partial charge < -0.3 is 10.2 Å². The Morgan fingerprint density at radius 1 is 1.19 bits per heavy atom. The van der Waals surface area contributed by atoms with E-state index in [0.717, 1.165) is 0 Å². The molecule has 2 rings (SSSR count). The maximum absolute atomic E-state index is 12.6. The van der Waals surface area contributed by atoms with Gasteiger partial charge in [-0.25, -0.2) is 8.42 Å². The second-order valence-corrected chi connectivity index (χ2v) is 7.67. The number of aliphatic hydroxyl groups excluding tert-OH is 2. The molecule has 21 heavy (non-hydrogen) atoms. The summed E-state index contributed by atoms with van der Waals surface area (Å²) in [5, 5.41) is 19.2. The predicted molar refractivity (Wildman–Crippen MR) is 80.2 cm³/mol. The lowest BCUT2D eigenvalue weighted by atomic mass is 9.93. The molecule has 1 fully saturated rings. The predicted octanol–water partition coefficient (Wildman–Crippen LogP) is 1.52. The van der Waals surface area contributed by atoms with Crippen molar-refractivity contribution >= 4 is 10.0 Å². The van der Waals surface area contributed by atoms with Gasteiger partial charge in [0.25, 0.3) is 0 Å². The molecular weight excluding hydrogens is 290 g/mol. The highest BCUT2D eigenvalue weighted by atomic mass is 32.2. The van der Waals surface area contributed by atoms with Gasteiger partial charge in [0.1, 0.15) is 0 Å². The average Bonchev–Trinajstić information content (AvgIpc) is 2.47. The van der Waals surface area contributed by atoms with E-state index in [4.69, 9.17) is 0 Å². The SMILES string of the molecule is CC(O)c1cccc(S(=O)(=O)N2CCC(C(C)O)CC2)c1. The number of hydrogen-bond acceptors (Lipinski definition) is 4. The van der Waals surface area contributed by atoms with Crippen molar-refractivity contribution in [1.29, 1.82) is 0 Å². The van der Waals surface area contributed by atoms with E-state index < -0.39 is 22.2 Å². The standard InChI is InChI=1S/C15H23NO4S/c1-11(17)13-6-8-16(9-7-13)21(19,20)15-5-3-4-14(10-15)12(2)18/h3-5,10-13,17-18H,6-9H2,1-2H3. The number of benzene rings is 1. The smallest absolute Gasteiger partial charge is 0.243 e. The molecule has 0 bridgehead atoms. The van der Waals surface area contributed by atoms with Gasteiger partial charge in [-0.05, 0) is 50.3 Å². The fraction of sp³-hybridized carbons (Fsp3) is 0.600. The first-order valence-electron chi connectivity index (χ1n) is 7.28. The molecule has 0 amide bonds. The van der Waals surface area contributed by atoms with Gasteiger partial charge in [0.05, 0.1) is 17.1 Å². The fourth-order valence-corrected chi connectivity index (χ4v) is 4.21. The quantitative estimate of drug-likeness (QED) is 0.883. The molecule has 1 aliphatic rings.